The van der Waals surface area contributed by atoms with Crippen LogP contribution in [-0.2, 0) is 15.6 Å². The minimum atomic E-state index is -0.286. The lowest BCUT2D eigenvalue weighted by Crippen LogP contribution is -2.37. The molecular formula is C31H39N3O. The summed E-state index contributed by atoms with van der Waals surface area (Å²) in [4.78, 5) is 5.93. The first-order chi connectivity index (χ1) is 16.5. The van der Waals surface area contributed by atoms with Gasteiger partial charge in [-0.1, -0.05) is 47.1 Å². The molecule has 1 fully saturated rings. The Morgan fingerprint density at radius 1 is 1.14 bits per heavy atom. The monoisotopic (exact) mass is 469 g/mol. The van der Waals surface area contributed by atoms with Gasteiger partial charge in [-0.05, 0) is 89.5 Å². The zero-order valence-electron chi connectivity index (χ0n) is 22.3. The molecule has 0 bridgehead atoms. The van der Waals surface area contributed by atoms with Gasteiger partial charge in [0.1, 0.15) is 11.4 Å². The first-order valence-electron chi connectivity index (χ1n) is 13.0. The van der Waals surface area contributed by atoms with Crippen LogP contribution in [0.4, 0.5) is 5.69 Å². The second kappa shape index (κ2) is 9.23. The highest BCUT2D eigenvalue weighted by atomic mass is 16.5. The summed E-state index contributed by atoms with van der Waals surface area (Å²) in [6.07, 6.45) is 13.3. The van der Waals surface area contributed by atoms with E-state index in [2.05, 4.69) is 75.7 Å². The van der Waals surface area contributed by atoms with Crippen LogP contribution in [0.5, 0.6) is 0 Å². The number of anilines is 1. The van der Waals surface area contributed by atoms with E-state index in [1.54, 1.807) is 0 Å². The van der Waals surface area contributed by atoms with E-state index in [4.69, 9.17) is 11.3 Å². The van der Waals surface area contributed by atoms with Gasteiger partial charge >= 0.3 is 0 Å². The van der Waals surface area contributed by atoms with Crippen molar-refractivity contribution in [2.75, 3.05) is 18.5 Å². The van der Waals surface area contributed by atoms with Gasteiger partial charge in [0.15, 0.2) is 0 Å². The van der Waals surface area contributed by atoms with E-state index in [0.717, 1.165) is 50.0 Å². The van der Waals surface area contributed by atoms with Crippen molar-refractivity contribution in [3.8, 4) is 6.07 Å². The molecule has 0 radical (unpaired) electrons. The van der Waals surface area contributed by atoms with Gasteiger partial charge in [-0.2, -0.15) is 0 Å². The van der Waals surface area contributed by atoms with Crippen LogP contribution in [0.25, 0.3) is 10.9 Å². The minimum Gasteiger partial charge on any atom is -0.487 e. The fraction of sp³-hybridized carbons (Fsp3) is 0.548. The van der Waals surface area contributed by atoms with Crippen LogP contribution in [0.1, 0.15) is 96.3 Å². The number of allylic oxidation sites excluding steroid dienone is 3. The third kappa shape index (κ3) is 5.04. The Labute approximate surface area is 211 Å². The normalized spacial score (nSPS) is 22.6. The number of nitriles is 1. The van der Waals surface area contributed by atoms with Crippen LogP contribution >= 0.6 is 0 Å². The molecule has 4 nitrogen and oxygen atoms in total. The Hall–Kier alpha value is -2.98. The lowest BCUT2D eigenvalue weighted by Gasteiger charge is -2.42. The topological polar surface area (TPSA) is 40.6 Å². The zero-order chi connectivity index (χ0) is 25.4. The van der Waals surface area contributed by atoms with Crippen molar-refractivity contribution in [2.45, 2.75) is 96.0 Å². The Kier molecular flexibility index (Phi) is 6.63. The zero-order valence-corrected chi connectivity index (χ0v) is 22.3. The van der Waals surface area contributed by atoms with Gasteiger partial charge in [0.05, 0.1) is 12.6 Å². The van der Waals surface area contributed by atoms with E-state index < -0.39 is 0 Å². The Bertz CT molecular complexity index is 1140. The second-order valence-corrected chi connectivity index (χ2v) is 12.3. The number of hydrogen-bond donors (Lipinski definition) is 0. The molecule has 1 spiro atoms. The molecule has 2 aliphatic heterocycles. The van der Waals surface area contributed by atoms with Crippen LogP contribution in [0, 0.1) is 17.9 Å². The summed E-state index contributed by atoms with van der Waals surface area (Å²) in [5.74, 6) is 0.760. The summed E-state index contributed by atoms with van der Waals surface area (Å²) in [7, 11) is 2.21. The van der Waals surface area contributed by atoms with Crippen LogP contribution in [-0.4, -0.2) is 19.2 Å². The fourth-order valence-corrected chi connectivity index (χ4v) is 5.89. The summed E-state index contributed by atoms with van der Waals surface area (Å²) in [6.45, 7) is 20.1. The molecule has 1 aromatic carbocycles. The Morgan fingerprint density at radius 2 is 1.86 bits per heavy atom. The summed E-state index contributed by atoms with van der Waals surface area (Å²) in [5, 5.41) is 9.54. The molecule has 0 amide bonds. The van der Waals surface area contributed by atoms with Gasteiger partial charge in [0.25, 0.3) is 5.70 Å². The van der Waals surface area contributed by atoms with Crippen molar-refractivity contribution < 1.29 is 4.74 Å². The summed E-state index contributed by atoms with van der Waals surface area (Å²) in [5.41, 5.74) is 6.18. The van der Waals surface area contributed by atoms with Crippen molar-refractivity contribution in [3.05, 3.63) is 69.4 Å². The smallest absolute Gasteiger partial charge is 0.265 e. The molecule has 4 heteroatoms. The lowest BCUT2D eigenvalue weighted by atomic mass is 9.73. The number of nitrogens with zero attached hydrogens (tertiary/aromatic N) is 3. The van der Waals surface area contributed by atoms with Crippen molar-refractivity contribution >= 4 is 11.8 Å². The van der Waals surface area contributed by atoms with Crippen LogP contribution in [0.3, 0.4) is 0 Å². The molecule has 35 heavy (non-hydrogen) atoms. The summed E-state index contributed by atoms with van der Waals surface area (Å²) < 4.78 is 6.59. The predicted molar refractivity (Wildman–Crippen MR) is 144 cm³/mol. The molecule has 1 saturated carbocycles. The number of rotatable bonds is 2. The Morgan fingerprint density at radius 3 is 2.49 bits per heavy atom. The molecule has 1 aromatic rings. The summed E-state index contributed by atoms with van der Waals surface area (Å²) >= 11 is 0. The second-order valence-electron chi connectivity index (χ2n) is 12.3. The van der Waals surface area contributed by atoms with Crippen molar-refractivity contribution in [1.82, 2.24) is 0 Å². The maximum absolute atomic E-state index is 9.54. The number of ether oxygens (including phenoxy) is 1. The van der Waals surface area contributed by atoms with Gasteiger partial charge < -0.3 is 9.64 Å². The van der Waals surface area contributed by atoms with Crippen LogP contribution in [0.15, 0.2) is 41.3 Å². The Balaban J connectivity index is 1.78. The van der Waals surface area contributed by atoms with Crippen molar-refractivity contribution in [2.24, 2.45) is 0 Å². The number of benzene rings is 1. The van der Waals surface area contributed by atoms with E-state index in [1.807, 2.05) is 12.2 Å². The van der Waals surface area contributed by atoms with Gasteiger partial charge in [-0.3, -0.25) is 0 Å². The number of fused-ring (bicyclic) bond motifs is 1. The molecular weight excluding hydrogens is 430 g/mol. The van der Waals surface area contributed by atoms with E-state index in [-0.39, 0.29) is 22.1 Å². The van der Waals surface area contributed by atoms with E-state index >= 15 is 0 Å². The molecule has 0 atom stereocenters. The molecule has 184 valence electrons. The SMILES string of the molecule is [C-]#[N+]/C(C#N)=C1C=C(/C=C/c2cc(C(C)(C)C)c3c(c2)C(C)(C)CCN3C)OC2(CCCCC2)C\1. The van der Waals surface area contributed by atoms with Gasteiger partial charge in [-0.25, -0.2) is 10.1 Å². The number of hydrogen-bond acceptors (Lipinski definition) is 3. The standard InChI is InChI=1S/C31H39N3O/c1-29(2,3)25-17-22(18-26-28(25)34(7)16-15-30(26,4)5)11-12-24-19-23(27(21-32)33-6)20-31(35-24)13-9-8-10-14-31/h11-12,17-19H,8-10,13-16,20H2,1-5,7H3/b12-11+,27-23+. The molecule has 0 unspecified atom stereocenters. The highest BCUT2D eigenvalue weighted by Gasteiger charge is 2.38. The van der Waals surface area contributed by atoms with E-state index in [9.17, 15) is 5.26 Å². The van der Waals surface area contributed by atoms with E-state index in [1.165, 1.54) is 28.8 Å². The maximum atomic E-state index is 9.54. The molecule has 0 N–H and O–H groups in total. The van der Waals surface area contributed by atoms with Gasteiger partial charge in [-0.15, -0.1) is 0 Å². The van der Waals surface area contributed by atoms with Crippen LogP contribution in [0.2, 0.25) is 0 Å². The quantitative estimate of drug-likeness (QED) is 0.327. The molecule has 2 heterocycles. The van der Waals surface area contributed by atoms with Crippen molar-refractivity contribution in [3.63, 3.8) is 0 Å². The van der Waals surface area contributed by atoms with Gasteiger partial charge in [0.2, 0.25) is 0 Å². The third-order valence-corrected chi connectivity index (χ3v) is 8.01. The molecule has 3 aliphatic rings. The average molecular weight is 470 g/mol. The van der Waals surface area contributed by atoms with Crippen molar-refractivity contribution in [1.29, 1.82) is 5.26 Å². The first kappa shape index (κ1) is 25.1. The fourth-order valence-electron chi connectivity index (χ4n) is 5.89. The largest absolute Gasteiger partial charge is 0.487 e. The highest BCUT2D eigenvalue weighted by Crippen LogP contribution is 2.46. The first-order valence-corrected chi connectivity index (χ1v) is 13.0. The minimum absolute atomic E-state index is 0.0234. The summed E-state index contributed by atoms with van der Waals surface area (Å²) in [6, 6.07) is 6.77. The maximum Gasteiger partial charge on any atom is 0.265 e. The third-order valence-electron chi connectivity index (χ3n) is 8.01. The molecule has 0 saturated heterocycles. The predicted octanol–water partition coefficient (Wildman–Crippen LogP) is 7.82. The van der Waals surface area contributed by atoms with Crippen LogP contribution < -0.4 is 4.90 Å². The molecule has 4 rings (SSSR count). The molecule has 1 aliphatic carbocycles. The van der Waals surface area contributed by atoms with E-state index in [0.29, 0.717) is 6.42 Å². The lowest BCUT2D eigenvalue weighted by molar-refractivity contribution is -0.0285. The average Bonchev–Trinajstić information content (AvgIpc) is 2.80. The molecule has 0 aromatic heterocycles. The highest BCUT2D eigenvalue weighted by molar-refractivity contribution is 5.70. The van der Waals surface area contributed by atoms with Gasteiger partial charge in [0, 0.05) is 25.7 Å².